The number of ether oxygens (including phenoxy) is 1. The van der Waals surface area contributed by atoms with Gasteiger partial charge in [0.1, 0.15) is 0 Å². The van der Waals surface area contributed by atoms with Gasteiger partial charge in [-0.15, -0.1) is 0 Å². The molecule has 0 saturated heterocycles. The molecule has 0 spiro atoms. The Morgan fingerprint density at radius 1 is 1.33 bits per heavy atom. The number of nitrogens with one attached hydrogen (secondary N) is 1. The molecule has 1 heterocycles. The minimum absolute atomic E-state index is 0.162. The minimum Gasteiger partial charge on any atom is -0.464 e. The smallest absolute Gasteiger partial charge is 0.322 e. The third-order valence-electron chi connectivity index (χ3n) is 3.42. The first-order chi connectivity index (χ1) is 8.69. The number of hydrogen-bond acceptors (Lipinski definition) is 5. The van der Waals surface area contributed by atoms with E-state index in [4.69, 9.17) is 16.3 Å². The number of halogens is 1. The van der Waals surface area contributed by atoms with Crippen LogP contribution in [0.2, 0.25) is 5.28 Å². The lowest BCUT2D eigenvalue weighted by molar-refractivity contribution is 0.312. The lowest BCUT2D eigenvalue weighted by Crippen LogP contribution is -2.18. The summed E-state index contributed by atoms with van der Waals surface area (Å²) in [7, 11) is 0. The Bertz CT molecular complexity index is 402. The monoisotopic (exact) mass is 270 g/mol. The number of anilines is 1. The van der Waals surface area contributed by atoms with Crippen molar-refractivity contribution in [1.82, 2.24) is 15.0 Å². The lowest BCUT2D eigenvalue weighted by atomic mass is 9.98. The zero-order chi connectivity index (χ0) is 13.0. The summed E-state index contributed by atoms with van der Waals surface area (Å²) in [6.07, 6.45) is 3.90. The molecule has 0 amide bonds. The van der Waals surface area contributed by atoms with Crippen molar-refractivity contribution in [2.24, 2.45) is 11.8 Å². The second-order valence-corrected chi connectivity index (χ2v) is 5.03. The van der Waals surface area contributed by atoms with E-state index in [0.717, 1.165) is 12.5 Å². The molecule has 0 radical (unpaired) electrons. The highest BCUT2D eigenvalue weighted by Crippen LogP contribution is 2.31. The molecule has 1 aromatic rings. The molecule has 1 aliphatic rings. The van der Waals surface area contributed by atoms with E-state index in [0.29, 0.717) is 18.5 Å². The number of rotatable bonds is 5. The van der Waals surface area contributed by atoms with Crippen LogP contribution in [0.4, 0.5) is 5.95 Å². The average molecular weight is 271 g/mol. The standard InChI is InChI=1S/C12H19ClN4O/c1-3-18-12-16-10(13)15-11(17-12)14-7-9-6-4-5-8(9)2/h8-9H,3-7H2,1-2H3,(H,14,15,16,17). The fourth-order valence-corrected chi connectivity index (χ4v) is 2.50. The molecular weight excluding hydrogens is 252 g/mol. The van der Waals surface area contributed by atoms with Gasteiger partial charge in [-0.05, 0) is 36.8 Å². The van der Waals surface area contributed by atoms with Crippen molar-refractivity contribution in [3.8, 4) is 6.01 Å². The normalized spacial score (nSPS) is 23.1. The predicted octanol–water partition coefficient (Wildman–Crippen LogP) is 2.77. The summed E-state index contributed by atoms with van der Waals surface area (Å²) >= 11 is 5.83. The molecule has 5 nitrogen and oxygen atoms in total. The van der Waals surface area contributed by atoms with Crippen molar-refractivity contribution >= 4 is 17.5 Å². The molecule has 1 aliphatic carbocycles. The van der Waals surface area contributed by atoms with E-state index in [-0.39, 0.29) is 11.3 Å². The zero-order valence-corrected chi connectivity index (χ0v) is 11.6. The van der Waals surface area contributed by atoms with Gasteiger partial charge in [0.25, 0.3) is 0 Å². The van der Waals surface area contributed by atoms with Crippen molar-refractivity contribution in [3.05, 3.63) is 5.28 Å². The molecule has 0 bridgehead atoms. The largest absolute Gasteiger partial charge is 0.464 e. The van der Waals surface area contributed by atoms with E-state index < -0.39 is 0 Å². The van der Waals surface area contributed by atoms with Gasteiger partial charge in [-0.3, -0.25) is 0 Å². The van der Waals surface area contributed by atoms with Crippen LogP contribution >= 0.6 is 11.6 Å². The van der Waals surface area contributed by atoms with Gasteiger partial charge in [0.05, 0.1) is 6.61 Å². The van der Waals surface area contributed by atoms with Crippen LogP contribution in [0.15, 0.2) is 0 Å². The Hall–Kier alpha value is -1.10. The molecule has 1 N–H and O–H groups in total. The molecule has 6 heteroatoms. The van der Waals surface area contributed by atoms with E-state index in [1.54, 1.807) is 0 Å². The molecule has 1 saturated carbocycles. The SMILES string of the molecule is CCOc1nc(Cl)nc(NCC2CCCC2C)n1. The maximum Gasteiger partial charge on any atom is 0.322 e. The van der Waals surface area contributed by atoms with Crippen LogP contribution < -0.4 is 10.1 Å². The first-order valence-corrected chi connectivity index (χ1v) is 6.85. The Balaban J connectivity index is 1.95. The van der Waals surface area contributed by atoms with Gasteiger partial charge in [-0.2, -0.15) is 15.0 Å². The zero-order valence-electron chi connectivity index (χ0n) is 10.8. The van der Waals surface area contributed by atoms with E-state index in [1.807, 2.05) is 6.92 Å². The highest BCUT2D eigenvalue weighted by Gasteiger charge is 2.23. The van der Waals surface area contributed by atoms with Gasteiger partial charge in [-0.25, -0.2) is 0 Å². The van der Waals surface area contributed by atoms with E-state index in [1.165, 1.54) is 19.3 Å². The maximum absolute atomic E-state index is 5.83. The number of aromatic nitrogens is 3. The number of hydrogen-bond donors (Lipinski definition) is 1. The first-order valence-electron chi connectivity index (χ1n) is 6.47. The van der Waals surface area contributed by atoms with Crippen LogP contribution in [0.25, 0.3) is 0 Å². The van der Waals surface area contributed by atoms with Crippen molar-refractivity contribution < 1.29 is 4.74 Å². The average Bonchev–Trinajstić information content (AvgIpc) is 2.72. The highest BCUT2D eigenvalue weighted by molar-refractivity contribution is 6.28. The van der Waals surface area contributed by atoms with E-state index in [2.05, 4.69) is 27.2 Å². The maximum atomic E-state index is 5.83. The van der Waals surface area contributed by atoms with Crippen LogP contribution in [0.3, 0.4) is 0 Å². The minimum atomic E-state index is 0.162. The second-order valence-electron chi connectivity index (χ2n) is 4.69. The third-order valence-corrected chi connectivity index (χ3v) is 3.59. The summed E-state index contributed by atoms with van der Waals surface area (Å²) in [5.41, 5.74) is 0. The quantitative estimate of drug-likeness (QED) is 0.891. The molecule has 2 rings (SSSR count). The molecule has 18 heavy (non-hydrogen) atoms. The van der Waals surface area contributed by atoms with Gasteiger partial charge in [0.15, 0.2) is 0 Å². The molecule has 0 aromatic carbocycles. The summed E-state index contributed by atoms with van der Waals surface area (Å²) < 4.78 is 5.23. The van der Waals surface area contributed by atoms with Crippen LogP contribution in [0.5, 0.6) is 6.01 Å². The molecular formula is C12H19ClN4O. The topological polar surface area (TPSA) is 59.9 Å². The second kappa shape index (κ2) is 6.18. The summed E-state index contributed by atoms with van der Waals surface area (Å²) in [6, 6.07) is 0.277. The first kappa shape index (κ1) is 13.3. The predicted molar refractivity (Wildman–Crippen MR) is 71.0 cm³/mol. The van der Waals surface area contributed by atoms with Crippen LogP contribution in [0.1, 0.15) is 33.1 Å². The van der Waals surface area contributed by atoms with Crippen molar-refractivity contribution in [2.45, 2.75) is 33.1 Å². The Labute approximate surface area is 112 Å². The Kier molecular flexibility index (Phi) is 4.58. The molecule has 0 aliphatic heterocycles. The van der Waals surface area contributed by atoms with Crippen molar-refractivity contribution in [2.75, 3.05) is 18.5 Å². The summed E-state index contributed by atoms with van der Waals surface area (Å²) in [6.45, 7) is 5.57. The van der Waals surface area contributed by atoms with E-state index in [9.17, 15) is 0 Å². The lowest BCUT2D eigenvalue weighted by Gasteiger charge is -2.15. The Morgan fingerprint density at radius 3 is 2.83 bits per heavy atom. The molecule has 1 aromatic heterocycles. The van der Waals surface area contributed by atoms with Crippen LogP contribution in [0, 0.1) is 11.8 Å². The van der Waals surface area contributed by atoms with E-state index >= 15 is 0 Å². The summed E-state index contributed by atoms with van der Waals surface area (Å²) in [4.78, 5) is 12.1. The van der Waals surface area contributed by atoms with Crippen LogP contribution in [-0.2, 0) is 0 Å². The van der Waals surface area contributed by atoms with Gasteiger partial charge < -0.3 is 10.1 Å². The molecule has 100 valence electrons. The molecule has 1 fully saturated rings. The third kappa shape index (κ3) is 3.45. The summed E-state index contributed by atoms with van der Waals surface area (Å²) in [5, 5.41) is 3.39. The Morgan fingerprint density at radius 2 is 2.17 bits per heavy atom. The van der Waals surface area contributed by atoms with Gasteiger partial charge in [-0.1, -0.05) is 19.8 Å². The van der Waals surface area contributed by atoms with Crippen LogP contribution in [-0.4, -0.2) is 28.1 Å². The molecule has 2 unspecified atom stereocenters. The van der Waals surface area contributed by atoms with Crippen molar-refractivity contribution in [3.63, 3.8) is 0 Å². The number of nitrogens with zero attached hydrogens (tertiary/aromatic N) is 3. The highest BCUT2D eigenvalue weighted by atomic mass is 35.5. The van der Waals surface area contributed by atoms with Gasteiger partial charge in [0.2, 0.25) is 11.2 Å². The van der Waals surface area contributed by atoms with Gasteiger partial charge >= 0.3 is 6.01 Å². The van der Waals surface area contributed by atoms with Gasteiger partial charge in [0, 0.05) is 6.54 Å². The fourth-order valence-electron chi connectivity index (χ4n) is 2.35. The fraction of sp³-hybridized carbons (Fsp3) is 0.750. The van der Waals surface area contributed by atoms with Crippen molar-refractivity contribution in [1.29, 1.82) is 0 Å². The summed E-state index contributed by atoms with van der Waals surface area (Å²) in [5.74, 6) is 1.95. The molecule has 2 atom stereocenters.